The number of anilines is 1. The average molecular weight is 309 g/mol. The highest BCUT2D eigenvalue weighted by Crippen LogP contribution is 2.45. The maximum Gasteiger partial charge on any atom is 0.332 e. The van der Waals surface area contributed by atoms with Crippen LogP contribution >= 0.6 is 11.8 Å². The molecule has 0 aromatic heterocycles. The summed E-state index contributed by atoms with van der Waals surface area (Å²) in [6.07, 6.45) is 0.962. The molecule has 1 N–H and O–H groups in total. The van der Waals surface area contributed by atoms with E-state index in [2.05, 4.69) is 19.2 Å². The number of carbonyl (C=O) groups is 1. The largest absolute Gasteiger partial charge is 0.497 e. The molecule has 0 saturated carbocycles. The third-order valence-corrected chi connectivity index (χ3v) is 5.44. The zero-order valence-electron chi connectivity index (χ0n) is 13.1. The van der Waals surface area contributed by atoms with Gasteiger partial charge in [-0.05, 0) is 24.3 Å². The quantitative estimate of drug-likeness (QED) is 0.866. The Bertz CT molecular complexity index is 518. The molecule has 0 spiro atoms. The van der Waals surface area contributed by atoms with Gasteiger partial charge in [-0.1, -0.05) is 19.9 Å². The van der Waals surface area contributed by atoms with Gasteiger partial charge in [0.25, 0.3) is 0 Å². The molecule has 0 aliphatic carbocycles. The van der Waals surface area contributed by atoms with E-state index in [-0.39, 0.29) is 11.4 Å². The molecule has 0 amide bonds. The van der Waals surface area contributed by atoms with Crippen LogP contribution in [0.4, 0.5) is 5.69 Å². The highest BCUT2D eigenvalue weighted by molar-refractivity contribution is 7.99. The number of thioether (sulfide) groups is 1. The number of esters is 1. The lowest BCUT2D eigenvalue weighted by molar-refractivity contribution is -0.149. The molecule has 1 unspecified atom stereocenters. The molecule has 116 valence electrons. The van der Waals surface area contributed by atoms with Gasteiger partial charge in [-0.3, -0.25) is 0 Å². The third kappa shape index (κ3) is 2.98. The Kier molecular flexibility index (Phi) is 4.71. The van der Waals surface area contributed by atoms with Crippen molar-refractivity contribution in [3.8, 4) is 5.75 Å². The zero-order valence-corrected chi connectivity index (χ0v) is 13.9. The van der Waals surface area contributed by atoms with E-state index < -0.39 is 5.54 Å². The molecular weight excluding hydrogens is 286 g/mol. The van der Waals surface area contributed by atoms with Gasteiger partial charge in [0.1, 0.15) is 11.3 Å². The molecule has 1 aliphatic heterocycles. The molecule has 1 atom stereocenters. The molecule has 21 heavy (non-hydrogen) atoms. The monoisotopic (exact) mass is 309 g/mol. The van der Waals surface area contributed by atoms with E-state index in [4.69, 9.17) is 9.47 Å². The Morgan fingerprint density at radius 2 is 2.10 bits per heavy atom. The van der Waals surface area contributed by atoms with E-state index in [1.165, 1.54) is 7.11 Å². The van der Waals surface area contributed by atoms with Crippen molar-refractivity contribution in [1.29, 1.82) is 0 Å². The molecule has 4 nitrogen and oxygen atoms in total. The van der Waals surface area contributed by atoms with E-state index >= 15 is 0 Å². The van der Waals surface area contributed by atoms with Crippen molar-refractivity contribution in [3.63, 3.8) is 0 Å². The standard InChI is InChI=1S/C16H23NO3S/c1-15(2)8-9-21-11-16(15,14(18)20-4)17-12-6-5-7-13(10-12)19-3/h5-7,10,17H,8-9,11H2,1-4H3. The predicted octanol–water partition coefficient (Wildman–Crippen LogP) is 3.18. The number of benzene rings is 1. The van der Waals surface area contributed by atoms with Crippen molar-refractivity contribution in [1.82, 2.24) is 0 Å². The van der Waals surface area contributed by atoms with Crippen LogP contribution in [0, 0.1) is 5.41 Å². The normalized spacial score (nSPS) is 24.2. The van der Waals surface area contributed by atoms with Gasteiger partial charge in [0.15, 0.2) is 0 Å². The van der Waals surface area contributed by atoms with E-state index in [1.807, 2.05) is 24.3 Å². The van der Waals surface area contributed by atoms with Crippen molar-refractivity contribution >= 4 is 23.4 Å². The highest BCUT2D eigenvalue weighted by atomic mass is 32.2. The molecule has 0 radical (unpaired) electrons. The molecule has 1 heterocycles. The van der Waals surface area contributed by atoms with Crippen LogP contribution in [0.2, 0.25) is 0 Å². The maximum atomic E-state index is 12.5. The van der Waals surface area contributed by atoms with E-state index in [1.54, 1.807) is 18.9 Å². The van der Waals surface area contributed by atoms with E-state index in [9.17, 15) is 4.79 Å². The third-order valence-electron chi connectivity index (χ3n) is 4.31. The molecule has 1 aromatic rings. The van der Waals surface area contributed by atoms with Gasteiger partial charge in [0.05, 0.1) is 14.2 Å². The summed E-state index contributed by atoms with van der Waals surface area (Å²) in [7, 11) is 3.09. The molecule has 1 aliphatic rings. The summed E-state index contributed by atoms with van der Waals surface area (Å²) >= 11 is 1.78. The minimum Gasteiger partial charge on any atom is -0.497 e. The Hall–Kier alpha value is -1.36. The van der Waals surface area contributed by atoms with Gasteiger partial charge in [-0.2, -0.15) is 11.8 Å². The topological polar surface area (TPSA) is 47.6 Å². The van der Waals surface area contributed by atoms with Crippen LogP contribution in [-0.2, 0) is 9.53 Å². The Balaban J connectivity index is 2.38. The van der Waals surface area contributed by atoms with Crippen molar-refractivity contribution in [2.75, 3.05) is 31.0 Å². The second kappa shape index (κ2) is 6.18. The number of ether oxygens (including phenoxy) is 2. The lowest BCUT2D eigenvalue weighted by atomic mass is 9.70. The van der Waals surface area contributed by atoms with Gasteiger partial charge in [-0.25, -0.2) is 4.79 Å². The fraction of sp³-hybridized carbons (Fsp3) is 0.562. The number of nitrogens with one attached hydrogen (secondary N) is 1. The van der Waals surface area contributed by atoms with Gasteiger partial charge in [0, 0.05) is 22.9 Å². The lowest BCUT2D eigenvalue weighted by Crippen LogP contribution is -2.61. The molecule has 0 bridgehead atoms. The smallest absolute Gasteiger partial charge is 0.332 e. The molecule has 1 saturated heterocycles. The van der Waals surface area contributed by atoms with Crippen LogP contribution in [0.25, 0.3) is 0 Å². The van der Waals surface area contributed by atoms with Crippen LogP contribution in [0.15, 0.2) is 24.3 Å². The van der Waals surface area contributed by atoms with Crippen LogP contribution in [-0.4, -0.2) is 37.2 Å². The minimum absolute atomic E-state index is 0.186. The average Bonchev–Trinajstić information content (AvgIpc) is 2.48. The summed E-state index contributed by atoms with van der Waals surface area (Å²) in [4.78, 5) is 12.5. The summed E-state index contributed by atoms with van der Waals surface area (Å²) in [5.41, 5.74) is -0.0406. The number of carbonyl (C=O) groups excluding carboxylic acids is 1. The van der Waals surface area contributed by atoms with Crippen molar-refractivity contribution in [3.05, 3.63) is 24.3 Å². The summed E-state index contributed by atoms with van der Waals surface area (Å²) in [5, 5.41) is 3.43. The van der Waals surface area contributed by atoms with Crippen LogP contribution in [0.5, 0.6) is 5.75 Å². The fourth-order valence-electron chi connectivity index (χ4n) is 2.67. The Morgan fingerprint density at radius 1 is 1.33 bits per heavy atom. The lowest BCUT2D eigenvalue weighted by Gasteiger charge is -2.48. The van der Waals surface area contributed by atoms with Gasteiger partial charge >= 0.3 is 5.97 Å². The first-order valence-electron chi connectivity index (χ1n) is 7.03. The SMILES string of the molecule is COC(=O)C1(Nc2cccc(OC)c2)CSCCC1(C)C. The number of hydrogen-bond donors (Lipinski definition) is 1. The fourth-order valence-corrected chi connectivity index (χ4v) is 4.36. The molecule has 2 rings (SSSR count). The predicted molar refractivity (Wildman–Crippen MR) is 87.1 cm³/mol. The van der Waals surface area contributed by atoms with Gasteiger partial charge < -0.3 is 14.8 Å². The number of hydrogen-bond acceptors (Lipinski definition) is 5. The second-order valence-corrected chi connectivity index (χ2v) is 7.05. The Labute approximate surface area is 130 Å². The Morgan fingerprint density at radius 3 is 2.71 bits per heavy atom. The van der Waals surface area contributed by atoms with Gasteiger partial charge in [0.2, 0.25) is 0 Å². The molecule has 1 fully saturated rings. The number of rotatable bonds is 4. The van der Waals surface area contributed by atoms with Crippen molar-refractivity contribution in [2.45, 2.75) is 25.8 Å². The first kappa shape index (κ1) is 16.0. The highest BCUT2D eigenvalue weighted by Gasteiger charge is 2.53. The van der Waals surface area contributed by atoms with Crippen molar-refractivity contribution < 1.29 is 14.3 Å². The van der Waals surface area contributed by atoms with Crippen molar-refractivity contribution in [2.24, 2.45) is 5.41 Å². The molecule has 5 heteroatoms. The maximum absolute atomic E-state index is 12.5. The zero-order chi connectivity index (χ0) is 15.5. The van der Waals surface area contributed by atoms with E-state index in [0.29, 0.717) is 5.75 Å². The van der Waals surface area contributed by atoms with Gasteiger partial charge in [-0.15, -0.1) is 0 Å². The summed E-state index contributed by atoms with van der Waals surface area (Å²) in [6, 6.07) is 7.65. The molecular formula is C16H23NO3S. The first-order valence-corrected chi connectivity index (χ1v) is 8.19. The summed E-state index contributed by atoms with van der Waals surface area (Å²) in [5.74, 6) is 2.32. The minimum atomic E-state index is -0.725. The van der Waals surface area contributed by atoms with Crippen LogP contribution < -0.4 is 10.1 Å². The second-order valence-electron chi connectivity index (χ2n) is 5.94. The molecule has 1 aromatic carbocycles. The van der Waals surface area contributed by atoms with Crippen LogP contribution in [0.1, 0.15) is 20.3 Å². The summed E-state index contributed by atoms with van der Waals surface area (Å²) in [6.45, 7) is 4.24. The first-order chi connectivity index (χ1) is 9.95. The number of methoxy groups -OCH3 is 2. The van der Waals surface area contributed by atoms with E-state index in [0.717, 1.165) is 23.6 Å². The summed E-state index contributed by atoms with van der Waals surface area (Å²) < 4.78 is 10.4. The van der Waals surface area contributed by atoms with Crippen LogP contribution in [0.3, 0.4) is 0 Å².